The molecule has 0 amide bonds. The van der Waals surface area contributed by atoms with Gasteiger partial charge in [0.2, 0.25) is 5.71 Å². The highest BCUT2D eigenvalue weighted by Crippen LogP contribution is 2.40. The fourth-order valence-electron chi connectivity index (χ4n) is 10.7. The van der Waals surface area contributed by atoms with E-state index in [2.05, 4.69) is 140 Å². The van der Waals surface area contributed by atoms with E-state index in [1.807, 2.05) is 6.92 Å². The molecule has 6 heteroatoms. The number of furan rings is 2. The van der Waals surface area contributed by atoms with Crippen molar-refractivity contribution in [3.63, 3.8) is 0 Å². The highest BCUT2D eigenvalue weighted by Gasteiger charge is 2.19. The van der Waals surface area contributed by atoms with Gasteiger partial charge in [-0.1, -0.05) is 111 Å². The number of aryl methyl sites for hydroxylation is 7. The second-order valence-corrected chi connectivity index (χ2v) is 19.6. The van der Waals surface area contributed by atoms with Crippen molar-refractivity contribution in [1.82, 2.24) is 19.9 Å². The zero-order valence-electron chi connectivity index (χ0n) is 40.1. The summed E-state index contributed by atoms with van der Waals surface area (Å²) in [6.07, 6.45) is 26.6. The lowest BCUT2D eigenvalue weighted by molar-refractivity contribution is 0.639. The molecule has 6 aromatic heterocycles. The number of rotatable bonds is 0. The van der Waals surface area contributed by atoms with Crippen LogP contribution in [0.4, 0.5) is 0 Å². The molecule has 9 aliphatic rings. The molecule has 4 aromatic carbocycles. The molecule has 6 aliphatic heterocycles. The Morgan fingerprint density at radius 1 is 0.377 bits per heavy atom. The van der Waals surface area contributed by atoms with Crippen LogP contribution in [0.2, 0.25) is 0 Å². The van der Waals surface area contributed by atoms with Crippen molar-refractivity contribution in [2.24, 2.45) is 0 Å². The third kappa shape index (κ3) is 9.99. The van der Waals surface area contributed by atoms with E-state index in [4.69, 9.17) is 28.8 Å². The minimum absolute atomic E-state index is 0.704. The Bertz CT molecular complexity index is 3330. The van der Waals surface area contributed by atoms with E-state index in [9.17, 15) is 0 Å². The lowest BCUT2D eigenvalue weighted by Crippen LogP contribution is -1.94. The number of pyridine rings is 4. The Hall–Kier alpha value is -6.92. The molecule has 346 valence electrons. The molecule has 0 unspecified atom stereocenters. The standard InChI is InChI=1S/C63H62N4O2/c1-43-24-34-54-60-50-21-13-7-5-11-19-47-28-38-56(65-41-47)51-35-32-49(59-53-22-14-15-23-58(53)68-61(51)59)20-12-6-4-10-17-45-27-37-55(64-40-45)48-30-25-44(26-31-48)16-8-2-3-9-18-46-29-39-57(66-42-46)52(36-33-50)62(60)69-63(54)67-43/h14-15,22-42H,2-13,16-21H2,1H3. The Labute approximate surface area is 406 Å². The van der Waals surface area contributed by atoms with E-state index < -0.39 is 0 Å². The van der Waals surface area contributed by atoms with Crippen LogP contribution in [0, 0.1) is 6.92 Å². The zero-order valence-corrected chi connectivity index (χ0v) is 40.1. The third-order valence-corrected chi connectivity index (χ3v) is 14.6. The van der Waals surface area contributed by atoms with Crippen LogP contribution in [0.3, 0.4) is 0 Å². The Balaban J connectivity index is 0.808. The van der Waals surface area contributed by atoms with Crippen molar-refractivity contribution in [3.8, 4) is 33.8 Å². The summed E-state index contributed by atoms with van der Waals surface area (Å²) in [5, 5.41) is 4.69. The quantitative estimate of drug-likeness (QED) is 0.151. The van der Waals surface area contributed by atoms with Gasteiger partial charge in [0.05, 0.1) is 17.1 Å². The molecule has 0 spiro atoms. The topological polar surface area (TPSA) is 77.8 Å². The number of para-hydroxylation sites is 1. The maximum absolute atomic E-state index is 6.62. The first-order valence-electron chi connectivity index (χ1n) is 25.8. The monoisotopic (exact) mass is 906 g/mol. The SMILES string of the molecule is Cc1ccc2c(n1)oc1c3ccc(c12)CCCCCCc1ccc(nc1)-c1ccc(c2c1oc1ccccc12)CCCCCCc1ccc(nc1)-c1ccc(cc1)CCCCCCc1ccc-3nc1. The van der Waals surface area contributed by atoms with Gasteiger partial charge in [0.1, 0.15) is 16.7 Å². The molecule has 10 aromatic rings. The van der Waals surface area contributed by atoms with Gasteiger partial charge < -0.3 is 8.83 Å². The molecule has 6 nitrogen and oxygen atoms in total. The number of benzene rings is 4. The van der Waals surface area contributed by atoms with Crippen LogP contribution in [0.25, 0.3) is 77.8 Å². The highest BCUT2D eigenvalue weighted by atomic mass is 16.3. The Kier molecular flexibility index (Phi) is 13.4. The van der Waals surface area contributed by atoms with Gasteiger partial charge in [0.15, 0.2) is 0 Å². The van der Waals surface area contributed by atoms with Crippen molar-refractivity contribution in [3.05, 3.63) is 179 Å². The third-order valence-electron chi connectivity index (χ3n) is 14.6. The molecular formula is C63H62N4O2. The van der Waals surface area contributed by atoms with Crippen LogP contribution in [0.5, 0.6) is 0 Å². The fourth-order valence-corrected chi connectivity index (χ4v) is 10.7. The Morgan fingerprint density at radius 2 is 0.855 bits per heavy atom. The van der Waals surface area contributed by atoms with Crippen LogP contribution in [0.15, 0.2) is 149 Å². The minimum atomic E-state index is 0.704. The van der Waals surface area contributed by atoms with Crippen LogP contribution in [0.1, 0.15) is 116 Å². The van der Waals surface area contributed by atoms with Crippen molar-refractivity contribution in [2.45, 2.75) is 122 Å². The molecular weight excluding hydrogens is 845 g/mol. The number of hydrogen-bond donors (Lipinski definition) is 0. The van der Waals surface area contributed by atoms with Crippen LogP contribution < -0.4 is 0 Å². The van der Waals surface area contributed by atoms with Gasteiger partial charge in [-0.3, -0.25) is 15.0 Å². The smallest absolute Gasteiger partial charge is 0.227 e. The van der Waals surface area contributed by atoms with Gasteiger partial charge in [0, 0.05) is 62.5 Å². The summed E-state index contributed by atoms with van der Waals surface area (Å²) in [5.41, 5.74) is 18.6. The molecule has 0 atom stereocenters. The van der Waals surface area contributed by atoms with Crippen LogP contribution >= 0.6 is 0 Å². The van der Waals surface area contributed by atoms with Crippen molar-refractivity contribution in [2.75, 3.05) is 0 Å². The first-order chi connectivity index (χ1) is 34.1. The van der Waals surface area contributed by atoms with Crippen LogP contribution in [-0.2, 0) is 38.5 Å². The lowest BCUT2D eigenvalue weighted by Gasteiger charge is -2.09. The predicted octanol–water partition coefficient (Wildman–Crippen LogP) is 16.7. The summed E-state index contributed by atoms with van der Waals surface area (Å²) in [7, 11) is 0. The van der Waals surface area contributed by atoms with E-state index in [1.54, 1.807) is 0 Å². The Morgan fingerprint density at radius 3 is 1.41 bits per heavy atom. The number of hydrogen-bond acceptors (Lipinski definition) is 6. The van der Waals surface area contributed by atoms with E-state index in [0.717, 1.165) is 114 Å². The molecule has 0 saturated carbocycles. The average Bonchev–Trinajstić information content (AvgIpc) is 3.97. The second-order valence-electron chi connectivity index (χ2n) is 19.6. The van der Waals surface area contributed by atoms with E-state index in [-0.39, 0.29) is 0 Å². The largest absolute Gasteiger partial charge is 0.455 e. The molecule has 0 radical (unpaired) electrons. The lowest BCUT2D eigenvalue weighted by atomic mass is 9.96. The summed E-state index contributed by atoms with van der Waals surface area (Å²) >= 11 is 0. The maximum Gasteiger partial charge on any atom is 0.227 e. The molecule has 12 bridgehead atoms. The van der Waals surface area contributed by atoms with Crippen molar-refractivity contribution in [1.29, 1.82) is 0 Å². The van der Waals surface area contributed by atoms with E-state index in [0.29, 0.717) is 5.71 Å². The van der Waals surface area contributed by atoms with Crippen molar-refractivity contribution < 1.29 is 8.83 Å². The van der Waals surface area contributed by atoms with E-state index in [1.165, 1.54) is 113 Å². The summed E-state index contributed by atoms with van der Waals surface area (Å²) in [4.78, 5) is 19.7. The van der Waals surface area contributed by atoms with Gasteiger partial charge >= 0.3 is 0 Å². The van der Waals surface area contributed by atoms with Gasteiger partial charge in [-0.15, -0.1) is 0 Å². The zero-order chi connectivity index (χ0) is 46.4. The van der Waals surface area contributed by atoms with Gasteiger partial charge in [0.25, 0.3) is 0 Å². The first-order valence-corrected chi connectivity index (χ1v) is 25.8. The molecule has 3 aliphatic carbocycles. The minimum Gasteiger partial charge on any atom is -0.455 e. The second kappa shape index (κ2) is 20.7. The number of fused-ring (bicyclic) bond motifs is 5. The van der Waals surface area contributed by atoms with Gasteiger partial charge in [-0.25, -0.2) is 4.98 Å². The molecule has 19 rings (SSSR count). The molecule has 0 fully saturated rings. The maximum atomic E-state index is 6.62. The molecule has 69 heavy (non-hydrogen) atoms. The molecule has 0 saturated heterocycles. The first kappa shape index (κ1) is 44.6. The molecule has 0 N–H and O–H groups in total. The predicted molar refractivity (Wildman–Crippen MR) is 284 cm³/mol. The van der Waals surface area contributed by atoms with Crippen LogP contribution in [-0.4, -0.2) is 19.9 Å². The normalized spacial score (nSPS) is 15.1. The number of nitrogens with zero attached hydrogens (tertiary/aromatic N) is 4. The van der Waals surface area contributed by atoms with Gasteiger partial charge in [-0.2, -0.15) is 0 Å². The summed E-state index contributed by atoms with van der Waals surface area (Å²) in [5.74, 6) is 0. The summed E-state index contributed by atoms with van der Waals surface area (Å²) < 4.78 is 13.2. The summed E-state index contributed by atoms with van der Waals surface area (Å²) in [6.45, 7) is 2.03. The van der Waals surface area contributed by atoms with Gasteiger partial charge in [-0.05, 0) is 166 Å². The number of aromatic nitrogens is 4. The summed E-state index contributed by atoms with van der Waals surface area (Å²) in [6, 6.07) is 44.2. The fraction of sp³-hybridized carbons (Fsp3) is 0.302. The van der Waals surface area contributed by atoms with Crippen molar-refractivity contribution >= 4 is 44.0 Å². The van der Waals surface area contributed by atoms with E-state index >= 15 is 0 Å². The molecule has 12 heterocycles. The average molecular weight is 907 g/mol. The highest BCUT2D eigenvalue weighted by molar-refractivity contribution is 6.11.